The SMILES string of the molecule is CCCCN(Cc1cccnc1)C1(c2ccc(OC)cc2S(C)=O)CCNC(c2ccc(Cl)c(Cl)c2)C1. The molecule has 0 bridgehead atoms. The molecule has 1 aliphatic heterocycles. The van der Waals surface area contributed by atoms with Gasteiger partial charge in [0.25, 0.3) is 0 Å². The molecule has 5 nitrogen and oxygen atoms in total. The molecule has 3 aromatic rings. The van der Waals surface area contributed by atoms with Crippen LogP contribution in [-0.4, -0.2) is 40.5 Å². The quantitative estimate of drug-likeness (QED) is 0.297. The number of nitrogens with one attached hydrogen (secondary N) is 1. The molecule has 3 atom stereocenters. The van der Waals surface area contributed by atoms with E-state index in [-0.39, 0.29) is 11.6 Å². The van der Waals surface area contributed by atoms with Crippen LogP contribution in [-0.2, 0) is 22.9 Å². The van der Waals surface area contributed by atoms with Crippen LogP contribution >= 0.6 is 23.2 Å². The summed E-state index contributed by atoms with van der Waals surface area (Å²) in [6, 6.07) is 16.1. The minimum absolute atomic E-state index is 0.0572. The van der Waals surface area contributed by atoms with Crippen LogP contribution in [0.3, 0.4) is 0 Å². The van der Waals surface area contributed by atoms with Crippen molar-refractivity contribution in [1.29, 1.82) is 0 Å². The molecule has 37 heavy (non-hydrogen) atoms. The summed E-state index contributed by atoms with van der Waals surface area (Å²) in [7, 11) is 0.458. The minimum Gasteiger partial charge on any atom is -0.497 e. The fraction of sp³-hybridized carbons (Fsp3) is 0.414. The van der Waals surface area contributed by atoms with Crippen LogP contribution in [0.15, 0.2) is 65.8 Å². The van der Waals surface area contributed by atoms with E-state index in [9.17, 15) is 4.21 Å². The van der Waals surface area contributed by atoms with Gasteiger partial charge < -0.3 is 10.1 Å². The predicted molar refractivity (Wildman–Crippen MR) is 153 cm³/mol. The Morgan fingerprint density at radius 3 is 2.70 bits per heavy atom. The first-order valence-electron chi connectivity index (χ1n) is 12.7. The average Bonchev–Trinajstić information content (AvgIpc) is 2.92. The van der Waals surface area contributed by atoms with Crippen LogP contribution in [0.25, 0.3) is 0 Å². The Bertz CT molecular complexity index is 1230. The number of piperidine rings is 1. The molecule has 8 heteroatoms. The van der Waals surface area contributed by atoms with Gasteiger partial charge in [0.05, 0.1) is 33.5 Å². The number of halogens is 2. The van der Waals surface area contributed by atoms with Crippen LogP contribution in [0.5, 0.6) is 5.75 Å². The molecule has 1 N–H and O–H groups in total. The molecule has 4 rings (SSSR count). The third kappa shape index (κ3) is 6.37. The Labute approximate surface area is 233 Å². The number of hydrogen-bond acceptors (Lipinski definition) is 5. The Morgan fingerprint density at radius 2 is 2.03 bits per heavy atom. The molecular weight excluding hydrogens is 525 g/mol. The van der Waals surface area contributed by atoms with E-state index < -0.39 is 10.8 Å². The Hall–Kier alpha value is -1.96. The standard InChI is InChI=1S/C29H35Cl2N3O2S/c1-4-5-15-34(20-21-7-6-13-32-19-21)29(24-10-9-23(36-2)17-28(24)37(3)35)12-14-33-27(18-29)22-8-11-25(30)26(31)16-22/h6-11,13,16-17,19,27,33H,4-5,12,14-15,18,20H2,1-3H3. The second-order valence-corrected chi connectivity index (χ2v) is 11.8. The van der Waals surface area contributed by atoms with Crippen LogP contribution in [0.2, 0.25) is 10.0 Å². The van der Waals surface area contributed by atoms with Gasteiger partial charge in [-0.25, -0.2) is 0 Å². The number of benzene rings is 2. The third-order valence-corrected chi connectivity index (χ3v) is 9.00. The fourth-order valence-electron chi connectivity index (χ4n) is 5.39. The van der Waals surface area contributed by atoms with Gasteiger partial charge in [0.2, 0.25) is 0 Å². The van der Waals surface area contributed by atoms with E-state index in [0.717, 1.165) is 66.9 Å². The van der Waals surface area contributed by atoms with Gasteiger partial charge in [0.1, 0.15) is 5.75 Å². The van der Waals surface area contributed by atoms with Crippen LogP contribution in [0.4, 0.5) is 0 Å². The molecule has 198 valence electrons. The van der Waals surface area contributed by atoms with Crippen molar-refractivity contribution < 1.29 is 8.95 Å². The van der Waals surface area contributed by atoms with E-state index in [4.69, 9.17) is 27.9 Å². The van der Waals surface area contributed by atoms with Gasteiger partial charge in [-0.2, -0.15) is 0 Å². The second kappa shape index (κ2) is 12.7. The van der Waals surface area contributed by atoms with Crippen molar-refractivity contribution >= 4 is 34.0 Å². The lowest BCUT2D eigenvalue weighted by molar-refractivity contribution is 0.0263. The van der Waals surface area contributed by atoms with Gasteiger partial charge in [0, 0.05) is 36.1 Å². The highest BCUT2D eigenvalue weighted by molar-refractivity contribution is 7.84. The highest BCUT2D eigenvalue weighted by Gasteiger charge is 2.44. The highest BCUT2D eigenvalue weighted by Crippen LogP contribution is 2.46. The fourth-order valence-corrected chi connectivity index (χ4v) is 6.55. The summed E-state index contributed by atoms with van der Waals surface area (Å²) in [4.78, 5) is 7.78. The summed E-state index contributed by atoms with van der Waals surface area (Å²) in [6.07, 6.45) is 9.33. The maximum absolute atomic E-state index is 13.1. The van der Waals surface area contributed by atoms with Crippen LogP contribution < -0.4 is 10.1 Å². The van der Waals surface area contributed by atoms with Crippen molar-refractivity contribution in [2.45, 2.75) is 55.6 Å². The zero-order valence-corrected chi connectivity index (χ0v) is 24.0. The first-order valence-corrected chi connectivity index (χ1v) is 15.0. The molecule has 0 amide bonds. The summed E-state index contributed by atoms with van der Waals surface area (Å²) in [5, 5.41) is 4.81. The van der Waals surface area contributed by atoms with Gasteiger partial charge >= 0.3 is 0 Å². The molecule has 1 aliphatic rings. The molecule has 1 aromatic heterocycles. The van der Waals surface area contributed by atoms with Crippen LogP contribution in [0, 0.1) is 0 Å². The van der Waals surface area contributed by atoms with Crippen molar-refractivity contribution in [2.24, 2.45) is 0 Å². The molecule has 0 aliphatic carbocycles. The average molecular weight is 561 g/mol. The Kier molecular flexibility index (Phi) is 9.65. The van der Waals surface area contributed by atoms with E-state index >= 15 is 0 Å². The first-order chi connectivity index (χ1) is 17.9. The van der Waals surface area contributed by atoms with Crippen molar-refractivity contribution in [3.8, 4) is 5.75 Å². The van der Waals surface area contributed by atoms with Gasteiger partial charge in [-0.1, -0.05) is 54.7 Å². The number of aromatic nitrogens is 1. The lowest BCUT2D eigenvalue weighted by Crippen LogP contribution is -2.53. The third-order valence-electron chi connectivity index (χ3n) is 7.30. The van der Waals surface area contributed by atoms with Crippen LogP contribution in [0.1, 0.15) is 55.3 Å². The lowest BCUT2D eigenvalue weighted by Gasteiger charge is -2.50. The lowest BCUT2D eigenvalue weighted by atomic mass is 9.75. The monoisotopic (exact) mass is 559 g/mol. The van der Waals surface area contributed by atoms with Gasteiger partial charge in [-0.3, -0.25) is 14.1 Å². The molecule has 2 aromatic carbocycles. The largest absolute Gasteiger partial charge is 0.497 e. The van der Waals surface area contributed by atoms with Crippen molar-refractivity contribution in [3.63, 3.8) is 0 Å². The zero-order chi connectivity index (χ0) is 26.4. The molecule has 0 radical (unpaired) electrons. The summed E-state index contributed by atoms with van der Waals surface area (Å²) in [5.74, 6) is 0.714. The summed E-state index contributed by atoms with van der Waals surface area (Å²) in [5.41, 5.74) is 3.00. The number of ether oxygens (including phenoxy) is 1. The van der Waals surface area contributed by atoms with Crippen molar-refractivity contribution in [2.75, 3.05) is 26.5 Å². The first kappa shape index (κ1) is 28.1. The van der Waals surface area contributed by atoms with E-state index in [1.807, 2.05) is 48.8 Å². The van der Waals surface area contributed by atoms with E-state index in [2.05, 4.69) is 34.3 Å². The molecule has 1 fully saturated rings. The number of nitrogens with zero attached hydrogens (tertiary/aromatic N) is 2. The molecule has 3 unspecified atom stereocenters. The maximum Gasteiger partial charge on any atom is 0.120 e. The Morgan fingerprint density at radius 1 is 1.19 bits per heavy atom. The van der Waals surface area contributed by atoms with E-state index in [1.54, 1.807) is 13.4 Å². The number of unbranched alkanes of at least 4 members (excludes halogenated alkanes) is 1. The number of methoxy groups -OCH3 is 1. The van der Waals surface area contributed by atoms with Gasteiger partial charge in [-0.15, -0.1) is 0 Å². The summed E-state index contributed by atoms with van der Waals surface area (Å²) in [6.45, 7) is 4.70. The number of pyridine rings is 1. The summed E-state index contributed by atoms with van der Waals surface area (Å²) < 4.78 is 18.6. The van der Waals surface area contributed by atoms with E-state index in [1.165, 1.54) is 0 Å². The smallest absolute Gasteiger partial charge is 0.120 e. The molecule has 0 spiro atoms. The molecule has 1 saturated heterocycles. The van der Waals surface area contributed by atoms with Gasteiger partial charge in [-0.05, 0) is 79.4 Å². The topological polar surface area (TPSA) is 54.5 Å². The molecule has 2 heterocycles. The maximum atomic E-state index is 13.1. The second-order valence-electron chi connectivity index (χ2n) is 9.62. The number of rotatable bonds is 10. The Balaban J connectivity index is 1.87. The number of hydrogen-bond donors (Lipinski definition) is 1. The van der Waals surface area contributed by atoms with E-state index in [0.29, 0.717) is 15.8 Å². The van der Waals surface area contributed by atoms with Crippen molar-refractivity contribution in [3.05, 3.63) is 87.7 Å². The van der Waals surface area contributed by atoms with Crippen molar-refractivity contribution in [1.82, 2.24) is 15.2 Å². The highest BCUT2D eigenvalue weighted by atomic mass is 35.5. The summed E-state index contributed by atoms with van der Waals surface area (Å²) >= 11 is 12.7. The molecule has 0 saturated carbocycles. The molecular formula is C29H35Cl2N3O2S. The predicted octanol–water partition coefficient (Wildman–Crippen LogP) is 6.76. The normalized spacial score (nSPS) is 20.6. The zero-order valence-electron chi connectivity index (χ0n) is 21.7. The van der Waals surface area contributed by atoms with Gasteiger partial charge in [0.15, 0.2) is 0 Å². The minimum atomic E-state index is -1.19.